The molecule has 134 valence electrons. The van der Waals surface area contributed by atoms with Crippen LogP contribution in [0, 0.1) is 13.8 Å². The molecule has 0 aliphatic carbocycles. The normalized spacial score (nSPS) is 12.0. The SMILES string of the molecule is Cc1cc(C(=O)N(C)Cc2cccnc2)c(C)n1C(C)c1ccccc1. The van der Waals surface area contributed by atoms with E-state index in [0.29, 0.717) is 6.54 Å². The number of rotatable bonds is 5. The monoisotopic (exact) mass is 347 g/mol. The largest absolute Gasteiger partial charge is 0.341 e. The molecule has 1 aromatic carbocycles. The van der Waals surface area contributed by atoms with Gasteiger partial charge in [-0.15, -0.1) is 0 Å². The van der Waals surface area contributed by atoms with Crippen molar-refractivity contribution in [2.24, 2.45) is 0 Å². The molecule has 0 N–H and O–H groups in total. The van der Waals surface area contributed by atoms with Gasteiger partial charge in [-0.05, 0) is 44.0 Å². The van der Waals surface area contributed by atoms with E-state index in [9.17, 15) is 4.79 Å². The number of nitrogens with zero attached hydrogens (tertiary/aromatic N) is 3. The van der Waals surface area contributed by atoms with Crippen LogP contribution in [0.3, 0.4) is 0 Å². The van der Waals surface area contributed by atoms with E-state index in [1.54, 1.807) is 17.3 Å². The van der Waals surface area contributed by atoms with Crippen molar-refractivity contribution in [3.8, 4) is 0 Å². The minimum Gasteiger partial charge on any atom is -0.341 e. The number of hydrogen-bond donors (Lipinski definition) is 0. The average Bonchev–Trinajstić information content (AvgIpc) is 2.96. The molecule has 0 spiro atoms. The quantitative estimate of drug-likeness (QED) is 0.687. The van der Waals surface area contributed by atoms with E-state index < -0.39 is 0 Å². The van der Waals surface area contributed by atoms with Gasteiger partial charge < -0.3 is 9.47 Å². The molecule has 0 fully saturated rings. The van der Waals surface area contributed by atoms with E-state index in [1.165, 1.54) is 5.56 Å². The Kier molecular flexibility index (Phi) is 5.21. The summed E-state index contributed by atoms with van der Waals surface area (Å²) in [5.74, 6) is 0.0356. The van der Waals surface area contributed by atoms with Gasteiger partial charge in [-0.25, -0.2) is 0 Å². The fourth-order valence-corrected chi connectivity index (χ4v) is 3.51. The third-order valence-corrected chi connectivity index (χ3v) is 4.87. The second kappa shape index (κ2) is 7.56. The molecule has 0 saturated heterocycles. The Labute approximate surface area is 155 Å². The van der Waals surface area contributed by atoms with Crippen molar-refractivity contribution < 1.29 is 4.79 Å². The Hall–Kier alpha value is -2.88. The summed E-state index contributed by atoms with van der Waals surface area (Å²) in [6.45, 7) is 6.80. The topological polar surface area (TPSA) is 38.1 Å². The third kappa shape index (κ3) is 3.54. The highest BCUT2D eigenvalue weighted by molar-refractivity contribution is 5.95. The van der Waals surface area contributed by atoms with Crippen molar-refractivity contribution in [2.75, 3.05) is 7.05 Å². The molecule has 3 rings (SSSR count). The first-order chi connectivity index (χ1) is 12.5. The first-order valence-electron chi connectivity index (χ1n) is 8.86. The Balaban J connectivity index is 1.86. The van der Waals surface area contributed by atoms with E-state index in [-0.39, 0.29) is 11.9 Å². The fraction of sp³-hybridized carbons (Fsp3) is 0.273. The molecule has 0 aliphatic heterocycles. The zero-order chi connectivity index (χ0) is 18.7. The first kappa shape index (κ1) is 17.9. The molecule has 4 heteroatoms. The van der Waals surface area contributed by atoms with Gasteiger partial charge in [0.15, 0.2) is 0 Å². The van der Waals surface area contributed by atoms with Crippen LogP contribution in [0.2, 0.25) is 0 Å². The molecule has 0 saturated carbocycles. The highest BCUT2D eigenvalue weighted by atomic mass is 16.2. The van der Waals surface area contributed by atoms with Crippen LogP contribution in [-0.2, 0) is 6.54 Å². The smallest absolute Gasteiger partial charge is 0.255 e. The molecule has 1 atom stereocenters. The summed E-state index contributed by atoms with van der Waals surface area (Å²) in [7, 11) is 1.84. The van der Waals surface area contributed by atoms with Crippen molar-refractivity contribution in [1.82, 2.24) is 14.5 Å². The van der Waals surface area contributed by atoms with E-state index >= 15 is 0 Å². The van der Waals surface area contributed by atoms with Crippen molar-refractivity contribution >= 4 is 5.91 Å². The van der Waals surface area contributed by atoms with Gasteiger partial charge in [0.1, 0.15) is 0 Å². The minimum atomic E-state index is 0.0356. The van der Waals surface area contributed by atoms with Crippen LogP contribution in [-0.4, -0.2) is 27.4 Å². The summed E-state index contributed by atoms with van der Waals surface area (Å²) in [5.41, 5.74) is 5.11. The highest BCUT2D eigenvalue weighted by Gasteiger charge is 2.22. The zero-order valence-corrected chi connectivity index (χ0v) is 15.8. The summed E-state index contributed by atoms with van der Waals surface area (Å²) < 4.78 is 2.24. The molecule has 4 nitrogen and oxygen atoms in total. The molecule has 1 unspecified atom stereocenters. The van der Waals surface area contributed by atoms with Gasteiger partial charge in [0.2, 0.25) is 0 Å². The van der Waals surface area contributed by atoms with E-state index in [0.717, 1.165) is 22.5 Å². The van der Waals surface area contributed by atoms with Crippen LogP contribution in [0.25, 0.3) is 0 Å². The number of benzene rings is 1. The molecule has 2 aromatic heterocycles. The molecule has 26 heavy (non-hydrogen) atoms. The van der Waals surface area contributed by atoms with Gasteiger partial charge in [0.05, 0.1) is 11.6 Å². The summed E-state index contributed by atoms with van der Waals surface area (Å²) in [5, 5.41) is 0. The third-order valence-electron chi connectivity index (χ3n) is 4.87. The van der Waals surface area contributed by atoms with Gasteiger partial charge in [-0.1, -0.05) is 36.4 Å². The number of aryl methyl sites for hydroxylation is 1. The van der Waals surface area contributed by atoms with E-state index in [2.05, 4.69) is 35.5 Å². The first-order valence-corrected chi connectivity index (χ1v) is 8.86. The minimum absolute atomic E-state index is 0.0356. The van der Waals surface area contributed by atoms with E-state index in [1.807, 2.05) is 50.4 Å². The van der Waals surface area contributed by atoms with Crippen LogP contribution in [0.15, 0.2) is 60.9 Å². The lowest BCUT2D eigenvalue weighted by Gasteiger charge is -2.20. The standard InChI is InChI=1S/C22H25N3O/c1-16-13-21(22(26)24(4)15-19-9-8-12-23-14-19)18(3)25(16)17(2)20-10-6-5-7-11-20/h5-14,17H,15H2,1-4H3. The van der Waals surface area contributed by atoms with Crippen molar-refractivity contribution in [3.05, 3.63) is 89.0 Å². The summed E-state index contributed by atoms with van der Waals surface area (Å²) >= 11 is 0. The molecule has 0 aliphatic rings. The predicted octanol–water partition coefficient (Wildman–Crippen LogP) is 4.38. The highest BCUT2D eigenvalue weighted by Crippen LogP contribution is 2.26. The molecular weight excluding hydrogens is 322 g/mol. The zero-order valence-electron chi connectivity index (χ0n) is 15.8. The Morgan fingerprint density at radius 1 is 1.15 bits per heavy atom. The summed E-state index contributed by atoms with van der Waals surface area (Å²) in [6.07, 6.45) is 3.54. The van der Waals surface area contributed by atoms with E-state index in [4.69, 9.17) is 0 Å². The Morgan fingerprint density at radius 2 is 1.88 bits per heavy atom. The van der Waals surface area contributed by atoms with Crippen molar-refractivity contribution in [2.45, 2.75) is 33.4 Å². The number of aromatic nitrogens is 2. The maximum atomic E-state index is 13.0. The lowest BCUT2D eigenvalue weighted by Crippen LogP contribution is -2.26. The summed E-state index contributed by atoms with van der Waals surface area (Å²) in [6, 6.07) is 16.4. The second-order valence-corrected chi connectivity index (χ2v) is 6.76. The molecule has 3 aromatic rings. The molecule has 1 amide bonds. The van der Waals surface area contributed by atoms with Gasteiger partial charge in [0, 0.05) is 37.4 Å². The van der Waals surface area contributed by atoms with Crippen LogP contribution in [0.5, 0.6) is 0 Å². The molecule has 2 heterocycles. The maximum Gasteiger partial charge on any atom is 0.255 e. The Bertz CT molecular complexity index is 885. The number of carbonyl (C=O) groups is 1. The van der Waals surface area contributed by atoms with Gasteiger partial charge in [-0.2, -0.15) is 0 Å². The second-order valence-electron chi connectivity index (χ2n) is 6.76. The van der Waals surface area contributed by atoms with Crippen LogP contribution >= 0.6 is 0 Å². The van der Waals surface area contributed by atoms with Crippen molar-refractivity contribution in [3.63, 3.8) is 0 Å². The Morgan fingerprint density at radius 3 is 2.54 bits per heavy atom. The maximum absolute atomic E-state index is 13.0. The molecule has 0 bridgehead atoms. The van der Waals surface area contributed by atoms with Gasteiger partial charge in [0.25, 0.3) is 5.91 Å². The number of pyridine rings is 1. The number of hydrogen-bond acceptors (Lipinski definition) is 2. The number of carbonyl (C=O) groups excluding carboxylic acids is 1. The molecular formula is C22H25N3O. The molecule has 0 radical (unpaired) electrons. The average molecular weight is 347 g/mol. The van der Waals surface area contributed by atoms with Crippen LogP contribution in [0.1, 0.15) is 45.8 Å². The van der Waals surface area contributed by atoms with Crippen LogP contribution < -0.4 is 0 Å². The van der Waals surface area contributed by atoms with Gasteiger partial charge in [-0.3, -0.25) is 9.78 Å². The number of amides is 1. The van der Waals surface area contributed by atoms with Crippen LogP contribution in [0.4, 0.5) is 0 Å². The fourth-order valence-electron chi connectivity index (χ4n) is 3.51. The predicted molar refractivity (Wildman–Crippen MR) is 104 cm³/mol. The summed E-state index contributed by atoms with van der Waals surface area (Å²) in [4.78, 5) is 18.9. The lowest BCUT2D eigenvalue weighted by molar-refractivity contribution is 0.0784. The van der Waals surface area contributed by atoms with Crippen molar-refractivity contribution in [1.29, 1.82) is 0 Å². The lowest BCUT2D eigenvalue weighted by atomic mass is 10.1. The van der Waals surface area contributed by atoms with Gasteiger partial charge >= 0.3 is 0 Å².